The van der Waals surface area contributed by atoms with Crippen LogP contribution < -0.4 is 0 Å². The maximum absolute atomic E-state index is 5.80. The molecule has 0 radical (unpaired) electrons. The molecule has 1 rings (SSSR count). The van der Waals surface area contributed by atoms with Gasteiger partial charge in [-0.1, -0.05) is 13.0 Å². The lowest BCUT2D eigenvalue weighted by atomic mass is 10.0. The minimum Gasteiger partial charge on any atom is -0.494 e. The quantitative estimate of drug-likeness (QED) is 0.481. The van der Waals surface area contributed by atoms with Crippen LogP contribution >= 0.6 is 0 Å². The summed E-state index contributed by atoms with van der Waals surface area (Å²) in [4.78, 5) is 0. The molecule has 0 fully saturated rings. The van der Waals surface area contributed by atoms with Gasteiger partial charge in [0.1, 0.15) is 6.61 Å². The molecule has 1 heteroatoms. The fourth-order valence-electron chi connectivity index (χ4n) is 1.82. The smallest absolute Gasteiger partial charge is 0.109 e. The van der Waals surface area contributed by atoms with Crippen molar-refractivity contribution in [3.63, 3.8) is 0 Å². The van der Waals surface area contributed by atoms with E-state index in [1.54, 1.807) is 0 Å². The second kappa shape index (κ2) is 5.90. The Morgan fingerprint density at radius 3 is 2.64 bits per heavy atom. The first-order chi connectivity index (χ1) is 6.74. The summed E-state index contributed by atoms with van der Waals surface area (Å²) in [5.74, 6) is 1.16. The zero-order chi connectivity index (χ0) is 10.4. The van der Waals surface area contributed by atoms with Gasteiger partial charge in [0.05, 0.1) is 5.76 Å². The second-order valence-corrected chi connectivity index (χ2v) is 4.17. The van der Waals surface area contributed by atoms with Crippen molar-refractivity contribution in [2.75, 3.05) is 6.61 Å². The Balaban J connectivity index is 2.39. The Labute approximate surface area is 87.8 Å². The fourth-order valence-corrected chi connectivity index (χ4v) is 1.82. The largest absolute Gasteiger partial charge is 0.494 e. The van der Waals surface area contributed by atoms with Crippen molar-refractivity contribution >= 4 is 0 Å². The molecule has 0 aromatic heterocycles. The molecule has 0 aliphatic heterocycles. The summed E-state index contributed by atoms with van der Waals surface area (Å²) in [6.07, 6.45) is 8.53. The molecule has 0 heterocycles. The van der Waals surface area contributed by atoms with E-state index in [9.17, 15) is 0 Å². The van der Waals surface area contributed by atoms with Gasteiger partial charge in [0.2, 0.25) is 0 Å². The molecule has 0 bridgehead atoms. The molecule has 1 nitrogen and oxygen atoms in total. The number of hydrogen-bond acceptors (Lipinski definition) is 1. The van der Waals surface area contributed by atoms with Crippen LogP contribution in [-0.4, -0.2) is 6.61 Å². The van der Waals surface area contributed by atoms with Crippen molar-refractivity contribution in [1.82, 2.24) is 0 Å². The molecule has 0 unspecified atom stereocenters. The highest BCUT2D eigenvalue weighted by Crippen LogP contribution is 2.19. The summed E-state index contributed by atoms with van der Waals surface area (Å²) in [7, 11) is 0. The molecule has 1 aliphatic carbocycles. The molecule has 0 N–H and O–H groups in total. The van der Waals surface area contributed by atoms with Gasteiger partial charge in [0.25, 0.3) is 0 Å². The van der Waals surface area contributed by atoms with Crippen LogP contribution in [0.5, 0.6) is 0 Å². The van der Waals surface area contributed by atoms with Gasteiger partial charge in [-0.15, -0.1) is 0 Å². The average Bonchev–Trinajstić information content (AvgIpc) is 2.20. The molecule has 1 aliphatic rings. The Kier molecular flexibility index (Phi) is 4.78. The predicted molar refractivity (Wildman–Crippen MR) is 61.2 cm³/mol. The van der Waals surface area contributed by atoms with E-state index in [2.05, 4.69) is 26.8 Å². The summed E-state index contributed by atoms with van der Waals surface area (Å²) in [5, 5.41) is 0. The SMILES string of the molecule is CCC(OCC1=CCCCC1)=C(C)C. The van der Waals surface area contributed by atoms with Crippen LogP contribution in [0.15, 0.2) is 23.0 Å². The van der Waals surface area contributed by atoms with Crippen LogP contribution in [0.25, 0.3) is 0 Å². The van der Waals surface area contributed by atoms with E-state index in [-0.39, 0.29) is 0 Å². The second-order valence-electron chi connectivity index (χ2n) is 4.17. The molecular weight excluding hydrogens is 172 g/mol. The summed E-state index contributed by atoms with van der Waals surface area (Å²) < 4.78 is 5.80. The first-order valence-electron chi connectivity index (χ1n) is 5.71. The molecule has 0 spiro atoms. The molecule has 80 valence electrons. The van der Waals surface area contributed by atoms with E-state index in [1.807, 2.05) is 0 Å². The minimum atomic E-state index is 0.814. The van der Waals surface area contributed by atoms with Crippen molar-refractivity contribution in [3.05, 3.63) is 23.0 Å². The highest BCUT2D eigenvalue weighted by Gasteiger charge is 2.05. The Bertz CT molecular complexity index is 232. The molecule has 14 heavy (non-hydrogen) atoms. The van der Waals surface area contributed by atoms with Crippen LogP contribution in [0.2, 0.25) is 0 Å². The lowest BCUT2D eigenvalue weighted by Gasteiger charge is -2.15. The van der Waals surface area contributed by atoms with Crippen molar-refractivity contribution < 1.29 is 4.74 Å². The lowest BCUT2D eigenvalue weighted by Crippen LogP contribution is -2.02. The van der Waals surface area contributed by atoms with Gasteiger partial charge < -0.3 is 4.74 Å². The van der Waals surface area contributed by atoms with Crippen molar-refractivity contribution in [1.29, 1.82) is 0 Å². The fraction of sp³-hybridized carbons (Fsp3) is 0.692. The number of ether oxygens (including phenoxy) is 1. The summed E-state index contributed by atoms with van der Waals surface area (Å²) in [6, 6.07) is 0. The molecule has 0 aromatic rings. The molecule has 0 amide bonds. The maximum Gasteiger partial charge on any atom is 0.109 e. The van der Waals surface area contributed by atoms with Gasteiger partial charge in [-0.05, 0) is 50.7 Å². The third kappa shape index (κ3) is 3.57. The molecule has 0 saturated heterocycles. The summed E-state index contributed by atoms with van der Waals surface area (Å²) >= 11 is 0. The van der Waals surface area contributed by atoms with Gasteiger partial charge in [-0.25, -0.2) is 0 Å². The third-order valence-corrected chi connectivity index (χ3v) is 2.70. The van der Waals surface area contributed by atoms with Crippen LogP contribution in [0, 0.1) is 0 Å². The van der Waals surface area contributed by atoms with Gasteiger partial charge in [0.15, 0.2) is 0 Å². The van der Waals surface area contributed by atoms with Crippen LogP contribution in [0.4, 0.5) is 0 Å². The van der Waals surface area contributed by atoms with Gasteiger partial charge >= 0.3 is 0 Å². The van der Waals surface area contributed by atoms with Gasteiger partial charge in [-0.2, -0.15) is 0 Å². The van der Waals surface area contributed by atoms with Crippen LogP contribution in [-0.2, 0) is 4.74 Å². The van der Waals surface area contributed by atoms with E-state index >= 15 is 0 Å². The first kappa shape index (κ1) is 11.4. The molecule has 0 aromatic carbocycles. The molecule has 0 saturated carbocycles. The lowest BCUT2D eigenvalue weighted by molar-refractivity contribution is 0.222. The number of hydrogen-bond donors (Lipinski definition) is 0. The van der Waals surface area contributed by atoms with Crippen molar-refractivity contribution in [2.24, 2.45) is 0 Å². The zero-order valence-electron chi connectivity index (χ0n) is 9.73. The monoisotopic (exact) mass is 194 g/mol. The van der Waals surface area contributed by atoms with E-state index in [4.69, 9.17) is 4.74 Å². The van der Waals surface area contributed by atoms with E-state index in [1.165, 1.54) is 36.8 Å². The van der Waals surface area contributed by atoms with Crippen LogP contribution in [0.3, 0.4) is 0 Å². The van der Waals surface area contributed by atoms with E-state index < -0.39 is 0 Å². The minimum absolute atomic E-state index is 0.814. The highest BCUT2D eigenvalue weighted by molar-refractivity contribution is 5.08. The zero-order valence-corrected chi connectivity index (χ0v) is 9.73. The van der Waals surface area contributed by atoms with E-state index in [0.717, 1.165) is 18.8 Å². The van der Waals surface area contributed by atoms with Crippen molar-refractivity contribution in [2.45, 2.75) is 52.9 Å². The van der Waals surface area contributed by atoms with Gasteiger partial charge in [-0.3, -0.25) is 0 Å². The molecular formula is C13H22O. The van der Waals surface area contributed by atoms with E-state index in [0.29, 0.717) is 0 Å². The topological polar surface area (TPSA) is 9.23 Å². The third-order valence-electron chi connectivity index (χ3n) is 2.70. The van der Waals surface area contributed by atoms with Crippen molar-refractivity contribution in [3.8, 4) is 0 Å². The number of allylic oxidation sites excluding steroid dienone is 3. The maximum atomic E-state index is 5.80. The Morgan fingerprint density at radius 2 is 2.14 bits per heavy atom. The standard InChI is InChI=1S/C13H22O/c1-4-13(11(2)3)14-10-12-8-6-5-7-9-12/h8H,4-7,9-10H2,1-3H3. The van der Waals surface area contributed by atoms with Gasteiger partial charge in [0, 0.05) is 6.42 Å². The molecule has 0 atom stereocenters. The Hall–Kier alpha value is -0.720. The number of rotatable bonds is 4. The summed E-state index contributed by atoms with van der Waals surface area (Å²) in [5.41, 5.74) is 2.80. The normalized spacial score (nSPS) is 16.1. The predicted octanol–water partition coefficient (Wildman–Crippen LogP) is 4.21. The first-order valence-corrected chi connectivity index (χ1v) is 5.71. The summed E-state index contributed by atoms with van der Waals surface area (Å²) in [6.45, 7) is 7.20. The Morgan fingerprint density at radius 1 is 1.36 bits per heavy atom. The van der Waals surface area contributed by atoms with Crippen LogP contribution in [0.1, 0.15) is 52.9 Å². The average molecular weight is 194 g/mol. The highest BCUT2D eigenvalue weighted by atomic mass is 16.5.